The zero-order chi connectivity index (χ0) is 15.9. The molecule has 0 bridgehead atoms. The molecule has 2 aromatic rings. The van der Waals surface area contributed by atoms with Gasteiger partial charge in [0.25, 0.3) is 0 Å². The van der Waals surface area contributed by atoms with Crippen LogP contribution in [0.4, 0.5) is 5.82 Å². The molecule has 0 aromatic carbocycles. The van der Waals surface area contributed by atoms with Crippen molar-refractivity contribution in [2.24, 2.45) is 0 Å². The van der Waals surface area contributed by atoms with Gasteiger partial charge in [0, 0.05) is 18.1 Å². The highest BCUT2D eigenvalue weighted by Crippen LogP contribution is 2.20. The number of nitrogen functional groups attached to an aromatic ring is 1. The summed E-state index contributed by atoms with van der Waals surface area (Å²) in [6.07, 6.45) is 7.08. The Labute approximate surface area is 130 Å². The highest BCUT2D eigenvalue weighted by molar-refractivity contribution is 5.77. The van der Waals surface area contributed by atoms with Gasteiger partial charge >= 0.3 is 5.97 Å². The number of hydrogen-bond donors (Lipinski definition) is 2. The molecular formula is C16H22N4O2. The molecule has 118 valence electrons. The number of imidazole rings is 1. The molecule has 0 aliphatic rings. The van der Waals surface area contributed by atoms with Crippen LogP contribution in [-0.2, 0) is 22.4 Å². The quantitative estimate of drug-likeness (QED) is 0.765. The molecule has 1 unspecified atom stereocenters. The Balaban J connectivity index is 2.16. The fraction of sp³-hybridized carbons (Fsp3) is 0.438. The third kappa shape index (κ3) is 4.07. The first-order valence-electron chi connectivity index (χ1n) is 7.46. The van der Waals surface area contributed by atoms with Gasteiger partial charge in [-0.25, -0.2) is 9.97 Å². The third-order valence-electron chi connectivity index (χ3n) is 3.55. The van der Waals surface area contributed by atoms with Crippen LogP contribution < -0.4 is 5.73 Å². The van der Waals surface area contributed by atoms with E-state index in [2.05, 4.69) is 21.9 Å². The van der Waals surface area contributed by atoms with Gasteiger partial charge in [-0.3, -0.25) is 4.79 Å². The van der Waals surface area contributed by atoms with Gasteiger partial charge < -0.3 is 15.5 Å². The highest BCUT2D eigenvalue weighted by atomic mass is 16.5. The monoisotopic (exact) mass is 302 g/mol. The second-order valence-electron chi connectivity index (χ2n) is 5.27. The number of hydrogen-bond acceptors (Lipinski definition) is 5. The first kappa shape index (κ1) is 16.0. The van der Waals surface area contributed by atoms with Gasteiger partial charge in [-0.2, -0.15) is 0 Å². The zero-order valence-corrected chi connectivity index (χ0v) is 13.0. The molecule has 3 N–H and O–H groups in total. The van der Waals surface area contributed by atoms with Gasteiger partial charge in [0.2, 0.25) is 0 Å². The molecule has 0 saturated carbocycles. The summed E-state index contributed by atoms with van der Waals surface area (Å²) in [6, 6.07) is 3.58. The molecule has 0 spiro atoms. The Hall–Kier alpha value is -2.37. The Morgan fingerprint density at radius 2 is 2.18 bits per heavy atom. The number of carbonyl (C=O) groups excluding carboxylic acids is 1. The molecule has 2 rings (SSSR count). The number of carbonyl (C=O) groups is 1. The lowest BCUT2D eigenvalue weighted by Crippen LogP contribution is -2.18. The van der Waals surface area contributed by atoms with E-state index in [1.165, 1.54) is 7.11 Å². The number of aromatic nitrogens is 3. The van der Waals surface area contributed by atoms with Crippen LogP contribution in [0.1, 0.15) is 42.8 Å². The molecule has 0 aliphatic heterocycles. The highest BCUT2D eigenvalue weighted by Gasteiger charge is 2.25. The van der Waals surface area contributed by atoms with Gasteiger partial charge in [-0.1, -0.05) is 19.4 Å². The van der Waals surface area contributed by atoms with Crippen LogP contribution in [-0.4, -0.2) is 28.0 Å². The van der Waals surface area contributed by atoms with Crippen LogP contribution in [0, 0.1) is 0 Å². The van der Waals surface area contributed by atoms with Crippen molar-refractivity contribution in [1.82, 2.24) is 15.0 Å². The lowest BCUT2D eigenvalue weighted by atomic mass is 10.00. The van der Waals surface area contributed by atoms with Crippen LogP contribution >= 0.6 is 0 Å². The number of rotatable bonds is 7. The molecule has 0 saturated heterocycles. The number of nitrogens with two attached hydrogens (primary N) is 1. The standard InChI is InChI=1S/C16H22N4O2/c1-3-4-5-12-10-19-15(20-12)13(16(21)22-2)8-11-6-7-14(17)18-9-11/h6-7,9-10,13H,3-5,8H2,1-2H3,(H2,17,18)(H,19,20). The van der Waals surface area contributed by atoms with E-state index in [4.69, 9.17) is 10.5 Å². The smallest absolute Gasteiger partial charge is 0.316 e. The number of nitrogens with zero attached hydrogens (tertiary/aromatic N) is 2. The van der Waals surface area contributed by atoms with Crippen molar-refractivity contribution in [2.75, 3.05) is 12.8 Å². The minimum Gasteiger partial charge on any atom is -0.468 e. The maximum absolute atomic E-state index is 12.1. The molecule has 2 aromatic heterocycles. The number of H-pyrrole nitrogens is 1. The van der Waals surface area contributed by atoms with Gasteiger partial charge in [0.1, 0.15) is 17.6 Å². The van der Waals surface area contributed by atoms with Crippen LogP contribution in [0.25, 0.3) is 0 Å². The second kappa shape index (κ2) is 7.59. The zero-order valence-electron chi connectivity index (χ0n) is 13.0. The Morgan fingerprint density at radius 1 is 1.36 bits per heavy atom. The Morgan fingerprint density at radius 3 is 2.82 bits per heavy atom. The van der Waals surface area contributed by atoms with Crippen molar-refractivity contribution in [3.8, 4) is 0 Å². The Kier molecular flexibility index (Phi) is 5.52. The molecule has 0 aliphatic carbocycles. The van der Waals surface area contributed by atoms with E-state index in [1.807, 2.05) is 6.07 Å². The van der Waals surface area contributed by atoms with E-state index in [0.717, 1.165) is 30.5 Å². The van der Waals surface area contributed by atoms with E-state index in [0.29, 0.717) is 18.1 Å². The summed E-state index contributed by atoms with van der Waals surface area (Å²) in [5.41, 5.74) is 7.54. The summed E-state index contributed by atoms with van der Waals surface area (Å²) >= 11 is 0. The number of esters is 1. The molecule has 2 heterocycles. The van der Waals surface area contributed by atoms with E-state index in [-0.39, 0.29) is 5.97 Å². The van der Waals surface area contributed by atoms with Crippen LogP contribution in [0.15, 0.2) is 24.5 Å². The second-order valence-corrected chi connectivity index (χ2v) is 5.27. The number of anilines is 1. The van der Waals surface area contributed by atoms with Crippen molar-refractivity contribution >= 4 is 11.8 Å². The summed E-state index contributed by atoms with van der Waals surface area (Å²) in [5.74, 6) is 0.312. The molecule has 0 radical (unpaired) electrons. The van der Waals surface area contributed by atoms with E-state index in [9.17, 15) is 4.79 Å². The molecule has 1 atom stereocenters. The molecule has 6 heteroatoms. The van der Waals surface area contributed by atoms with Crippen molar-refractivity contribution in [3.05, 3.63) is 41.6 Å². The Bertz CT molecular complexity index is 607. The average Bonchev–Trinajstić information content (AvgIpc) is 3.00. The molecular weight excluding hydrogens is 280 g/mol. The number of unbranched alkanes of at least 4 members (excludes halogenated alkanes) is 1. The minimum absolute atomic E-state index is 0.312. The maximum atomic E-state index is 12.1. The topological polar surface area (TPSA) is 93.9 Å². The molecule has 0 fully saturated rings. The van der Waals surface area contributed by atoms with Crippen LogP contribution in [0.3, 0.4) is 0 Å². The van der Waals surface area contributed by atoms with Gasteiger partial charge in [-0.05, 0) is 30.9 Å². The predicted octanol–water partition coefficient (Wildman–Crippen LogP) is 2.23. The summed E-state index contributed by atoms with van der Waals surface area (Å²) in [6.45, 7) is 2.14. The third-order valence-corrected chi connectivity index (χ3v) is 3.55. The van der Waals surface area contributed by atoms with Gasteiger partial charge in [0.15, 0.2) is 0 Å². The van der Waals surface area contributed by atoms with Crippen molar-refractivity contribution < 1.29 is 9.53 Å². The number of ether oxygens (including phenoxy) is 1. The number of pyridine rings is 1. The minimum atomic E-state index is -0.467. The van der Waals surface area contributed by atoms with Gasteiger partial charge in [0.05, 0.1) is 7.11 Å². The lowest BCUT2D eigenvalue weighted by Gasteiger charge is -2.12. The first-order valence-corrected chi connectivity index (χ1v) is 7.46. The number of methoxy groups -OCH3 is 1. The lowest BCUT2D eigenvalue weighted by molar-refractivity contribution is -0.142. The summed E-state index contributed by atoms with van der Waals surface area (Å²) in [7, 11) is 1.39. The largest absolute Gasteiger partial charge is 0.468 e. The van der Waals surface area contributed by atoms with E-state index >= 15 is 0 Å². The number of aryl methyl sites for hydroxylation is 1. The maximum Gasteiger partial charge on any atom is 0.316 e. The normalized spacial score (nSPS) is 12.1. The summed E-state index contributed by atoms with van der Waals surface area (Å²) < 4.78 is 4.91. The molecule has 0 amide bonds. The van der Waals surface area contributed by atoms with Crippen molar-refractivity contribution in [2.45, 2.75) is 38.5 Å². The fourth-order valence-electron chi connectivity index (χ4n) is 2.27. The van der Waals surface area contributed by atoms with Crippen LogP contribution in [0.2, 0.25) is 0 Å². The summed E-state index contributed by atoms with van der Waals surface area (Å²) in [5, 5.41) is 0. The summed E-state index contributed by atoms with van der Waals surface area (Å²) in [4.78, 5) is 23.7. The molecule has 22 heavy (non-hydrogen) atoms. The van der Waals surface area contributed by atoms with Crippen molar-refractivity contribution in [3.63, 3.8) is 0 Å². The SMILES string of the molecule is CCCCc1cnc(C(Cc2ccc(N)nc2)C(=O)OC)[nH]1. The first-order chi connectivity index (χ1) is 10.6. The number of nitrogens with one attached hydrogen (secondary N) is 1. The number of aromatic amines is 1. The average molecular weight is 302 g/mol. The van der Waals surface area contributed by atoms with E-state index < -0.39 is 5.92 Å². The van der Waals surface area contributed by atoms with E-state index in [1.54, 1.807) is 18.5 Å². The fourth-order valence-corrected chi connectivity index (χ4v) is 2.27. The van der Waals surface area contributed by atoms with Crippen LogP contribution in [0.5, 0.6) is 0 Å². The predicted molar refractivity (Wildman–Crippen MR) is 84.3 cm³/mol. The van der Waals surface area contributed by atoms with Crippen molar-refractivity contribution in [1.29, 1.82) is 0 Å². The molecule has 6 nitrogen and oxygen atoms in total. The van der Waals surface area contributed by atoms with Gasteiger partial charge in [-0.15, -0.1) is 0 Å².